The van der Waals surface area contributed by atoms with Crippen LogP contribution in [0.2, 0.25) is 5.02 Å². The molecule has 2 rings (SSSR count). The quantitative estimate of drug-likeness (QED) is 0.786. The predicted molar refractivity (Wildman–Crippen MR) is 62.2 cm³/mol. The maximum absolute atomic E-state index is 11.5. The summed E-state index contributed by atoms with van der Waals surface area (Å²) in [5, 5.41) is 0.647. The van der Waals surface area contributed by atoms with Gasteiger partial charge in [-0.1, -0.05) is 17.7 Å². The first-order chi connectivity index (χ1) is 7.16. The molecule has 2 nitrogen and oxygen atoms in total. The molecule has 0 aliphatic heterocycles. The summed E-state index contributed by atoms with van der Waals surface area (Å²) in [4.78, 5) is 14.2. The molecule has 1 aromatic heterocycles. The molecule has 1 N–H and O–H groups in total. The van der Waals surface area contributed by atoms with Crippen LogP contribution < -0.4 is 5.56 Å². The summed E-state index contributed by atoms with van der Waals surface area (Å²) in [5.41, 5.74) is 2.44. The Morgan fingerprint density at radius 1 is 1.27 bits per heavy atom. The van der Waals surface area contributed by atoms with Crippen LogP contribution >= 0.6 is 11.6 Å². The van der Waals surface area contributed by atoms with Crippen LogP contribution in [0.15, 0.2) is 41.3 Å². The standard InChI is InChI=1S/C12H10ClNO/c1-8-5-9(7-10(13)6-8)11-3-2-4-14-12(11)15/h2-7H,1H3,(H,14,15). The zero-order chi connectivity index (χ0) is 10.8. The van der Waals surface area contributed by atoms with Crippen molar-refractivity contribution >= 4 is 11.6 Å². The molecule has 0 spiro atoms. The first-order valence-corrected chi connectivity index (χ1v) is 5.00. The number of hydrogen-bond donors (Lipinski definition) is 1. The van der Waals surface area contributed by atoms with Gasteiger partial charge in [0.1, 0.15) is 0 Å². The molecule has 1 heterocycles. The molecule has 0 aliphatic rings. The third kappa shape index (κ3) is 2.10. The Morgan fingerprint density at radius 3 is 2.73 bits per heavy atom. The van der Waals surface area contributed by atoms with Crippen molar-refractivity contribution in [3.63, 3.8) is 0 Å². The molecule has 76 valence electrons. The normalized spacial score (nSPS) is 10.3. The van der Waals surface area contributed by atoms with Gasteiger partial charge in [0.2, 0.25) is 0 Å². The summed E-state index contributed by atoms with van der Waals surface area (Å²) >= 11 is 5.94. The molecule has 0 radical (unpaired) electrons. The second-order valence-electron chi connectivity index (χ2n) is 3.43. The van der Waals surface area contributed by atoms with E-state index < -0.39 is 0 Å². The fourth-order valence-electron chi connectivity index (χ4n) is 1.54. The van der Waals surface area contributed by atoms with Crippen LogP contribution in [0.4, 0.5) is 0 Å². The van der Waals surface area contributed by atoms with E-state index in [2.05, 4.69) is 4.98 Å². The van der Waals surface area contributed by atoms with E-state index in [0.717, 1.165) is 11.1 Å². The molecule has 0 bridgehead atoms. The number of hydrogen-bond acceptors (Lipinski definition) is 1. The first kappa shape index (κ1) is 9.99. The predicted octanol–water partition coefficient (Wildman–Crippen LogP) is 3.00. The second kappa shape index (κ2) is 3.91. The number of aromatic amines is 1. The third-order valence-corrected chi connectivity index (χ3v) is 2.39. The van der Waals surface area contributed by atoms with Crippen LogP contribution in [0.1, 0.15) is 5.56 Å². The van der Waals surface area contributed by atoms with Crippen molar-refractivity contribution in [1.82, 2.24) is 4.98 Å². The second-order valence-corrected chi connectivity index (χ2v) is 3.87. The number of benzene rings is 1. The summed E-state index contributed by atoms with van der Waals surface area (Å²) in [6.45, 7) is 1.95. The van der Waals surface area contributed by atoms with Crippen molar-refractivity contribution in [2.75, 3.05) is 0 Å². The molecule has 0 unspecified atom stereocenters. The van der Waals surface area contributed by atoms with E-state index in [9.17, 15) is 4.79 Å². The summed E-state index contributed by atoms with van der Waals surface area (Å²) in [6, 6.07) is 9.18. The Labute approximate surface area is 92.5 Å². The fraction of sp³-hybridized carbons (Fsp3) is 0.0833. The molecular formula is C12H10ClNO. The third-order valence-electron chi connectivity index (χ3n) is 2.17. The Hall–Kier alpha value is -1.54. The Morgan fingerprint density at radius 2 is 2.07 bits per heavy atom. The van der Waals surface area contributed by atoms with Crippen molar-refractivity contribution in [1.29, 1.82) is 0 Å². The molecule has 3 heteroatoms. The number of H-pyrrole nitrogens is 1. The molecule has 1 aromatic carbocycles. The van der Waals surface area contributed by atoms with E-state index in [1.165, 1.54) is 0 Å². The summed E-state index contributed by atoms with van der Waals surface area (Å²) < 4.78 is 0. The molecule has 15 heavy (non-hydrogen) atoms. The number of pyridine rings is 1. The van der Waals surface area contributed by atoms with Gasteiger partial charge in [0.25, 0.3) is 5.56 Å². The highest BCUT2D eigenvalue weighted by Gasteiger charge is 2.03. The Kier molecular flexibility index (Phi) is 2.60. The lowest BCUT2D eigenvalue weighted by Crippen LogP contribution is -2.06. The molecule has 0 saturated heterocycles. The maximum atomic E-state index is 11.5. The summed E-state index contributed by atoms with van der Waals surface area (Å²) in [7, 11) is 0. The molecule has 0 amide bonds. The van der Waals surface area contributed by atoms with Gasteiger partial charge in [-0.15, -0.1) is 0 Å². The van der Waals surface area contributed by atoms with Crippen molar-refractivity contribution in [2.24, 2.45) is 0 Å². The lowest BCUT2D eigenvalue weighted by molar-refractivity contribution is 1.24. The minimum Gasteiger partial charge on any atom is -0.329 e. The van der Waals surface area contributed by atoms with E-state index in [1.54, 1.807) is 24.4 Å². The van der Waals surface area contributed by atoms with Crippen molar-refractivity contribution in [2.45, 2.75) is 6.92 Å². The largest absolute Gasteiger partial charge is 0.329 e. The average molecular weight is 220 g/mol. The first-order valence-electron chi connectivity index (χ1n) is 4.62. The van der Waals surface area contributed by atoms with Gasteiger partial charge >= 0.3 is 0 Å². The number of rotatable bonds is 1. The maximum Gasteiger partial charge on any atom is 0.255 e. The number of nitrogens with one attached hydrogen (secondary N) is 1. The minimum absolute atomic E-state index is 0.0980. The van der Waals surface area contributed by atoms with Crippen molar-refractivity contribution < 1.29 is 0 Å². The van der Waals surface area contributed by atoms with E-state index in [4.69, 9.17) is 11.6 Å². The van der Waals surface area contributed by atoms with Gasteiger partial charge in [-0.25, -0.2) is 0 Å². The van der Waals surface area contributed by atoms with Crippen molar-refractivity contribution in [3.05, 3.63) is 57.5 Å². The topological polar surface area (TPSA) is 32.9 Å². The van der Waals surface area contributed by atoms with Crippen LogP contribution in [0.3, 0.4) is 0 Å². The highest BCUT2D eigenvalue weighted by molar-refractivity contribution is 6.30. The van der Waals surface area contributed by atoms with E-state index in [-0.39, 0.29) is 5.56 Å². The number of aryl methyl sites for hydroxylation is 1. The van der Waals surface area contributed by atoms with Crippen LogP contribution in [0.5, 0.6) is 0 Å². The zero-order valence-electron chi connectivity index (χ0n) is 8.25. The van der Waals surface area contributed by atoms with Crippen molar-refractivity contribution in [3.8, 4) is 11.1 Å². The van der Waals surface area contributed by atoms with Gasteiger partial charge in [-0.05, 0) is 42.3 Å². The summed E-state index contributed by atoms with van der Waals surface area (Å²) in [5.74, 6) is 0. The minimum atomic E-state index is -0.0980. The average Bonchev–Trinajstić information content (AvgIpc) is 2.16. The molecule has 0 fully saturated rings. The SMILES string of the molecule is Cc1cc(Cl)cc(-c2ccc[nH]c2=O)c1. The number of aromatic nitrogens is 1. The Balaban J connectivity index is 2.64. The highest BCUT2D eigenvalue weighted by atomic mass is 35.5. The summed E-state index contributed by atoms with van der Waals surface area (Å²) in [6.07, 6.45) is 1.61. The lowest BCUT2D eigenvalue weighted by Gasteiger charge is -2.02. The van der Waals surface area contributed by atoms with Gasteiger partial charge < -0.3 is 4.98 Å². The molecule has 0 saturated carbocycles. The van der Waals surface area contributed by atoms with Crippen LogP contribution in [0.25, 0.3) is 11.1 Å². The van der Waals surface area contributed by atoms with E-state index in [1.807, 2.05) is 19.1 Å². The van der Waals surface area contributed by atoms with Crippen LogP contribution in [0, 0.1) is 6.92 Å². The fourth-order valence-corrected chi connectivity index (χ4v) is 1.83. The lowest BCUT2D eigenvalue weighted by atomic mass is 10.1. The Bertz CT molecular complexity index is 525. The number of halogens is 1. The van der Waals surface area contributed by atoms with Gasteiger partial charge in [0.05, 0.1) is 0 Å². The molecule has 0 atom stereocenters. The van der Waals surface area contributed by atoms with Gasteiger partial charge in [-0.3, -0.25) is 4.79 Å². The smallest absolute Gasteiger partial charge is 0.255 e. The molecule has 2 aromatic rings. The van der Waals surface area contributed by atoms with Gasteiger partial charge in [0, 0.05) is 16.8 Å². The van der Waals surface area contributed by atoms with Gasteiger partial charge in [0.15, 0.2) is 0 Å². The molecular weight excluding hydrogens is 210 g/mol. The molecule has 0 aliphatic carbocycles. The van der Waals surface area contributed by atoms with E-state index >= 15 is 0 Å². The van der Waals surface area contributed by atoms with Gasteiger partial charge in [-0.2, -0.15) is 0 Å². The van der Waals surface area contributed by atoms with Crippen LogP contribution in [-0.4, -0.2) is 4.98 Å². The van der Waals surface area contributed by atoms with Crippen LogP contribution in [-0.2, 0) is 0 Å². The monoisotopic (exact) mass is 219 g/mol. The highest BCUT2D eigenvalue weighted by Crippen LogP contribution is 2.21. The van der Waals surface area contributed by atoms with E-state index in [0.29, 0.717) is 10.6 Å². The zero-order valence-corrected chi connectivity index (χ0v) is 9.01.